The van der Waals surface area contributed by atoms with Gasteiger partial charge in [-0.05, 0) is 88.5 Å². The van der Waals surface area contributed by atoms with Crippen LogP contribution in [0.3, 0.4) is 0 Å². The van der Waals surface area contributed by atoms with E-state index in [0.717, 1.165) is 61.0 Å². The van der Waals surface area contributed by atoms with E-state index in [1.165, 1.54) is 34.7 Å². The summed E-state index contributed by atoms with van der Waals surface area (Å²) in [6, 6.07) is 4.41. The lowest BCUT2D eigenvalue weighted by Gasteiger charge is -2.10. The zero-order chi connectivity index (χ0) is 32.2. The first-order valence-corrected chi connectivity index (χ1v) is 16.6. The molecule has 2 aliphatic carbocycles. The van der Waals surface area contributed by atoms with Gasteiger partial charge in [0, 0.05) is 11.4 Å². The minimum absolute atomic E-state index is 0.124. The first-order valence-electron chi connectivity index (χ1n) is 14.6. The van der Waals surface area contributed by atoms with E-state index in [2.05, 4.69) is 22.1 Å². The summed E-state index contributed by atoms with van der Waals surface area (Å²) in [5, 5.41) is 19.9. The molecule has 4 rings (SSSR count). The van der Waals surface area contributed by atoms with E-state index in [9.17, 15) is 29.7 Å². The second kappa shape index (κ2) is 16.9. The molecule has 0 fully saturated rings. The van der Waals surface area contributed by atoms with Crippen LogP contribution >= 0.6 is 23.5 Å². The Morgan fingerprint density at radius 2 is 1.23 bits per heavy atom. The summed E-state index contributed by atoms with van der Waals surface area (Å²) in [5.41, 5.74) is 7.53. The van der Waals surface area contributed by atoms with Crippen LogP contribution in [0.25, 0.3) is 0 Å². The standard InChI is InChI=1S/2C16H18N2O3S/c1-3-21-15(20)7-11(19)9-22-16-13(8-17)10(2)12-5-4-6-14(12)18-16;1-3-21-15(20)7-11(19)9-22-16-14(8-17)13-6-4-5-12(13)10(2)18-16/h2*3-7,9H2,1-2H3. The van der Waals surface area contributed by atoms with Crippen LogP contribution in [0.1, 0.15) is 84.3 Å². The minimum atomic E-state index is -0.508. The Bertz CT molecular complexity index is 1490. The minimum Gasteiger partial charge on any atom is -0.466 e. The van der Waals surface area contributed by atoms with Gasteiger partial charge in [-0.15, -0.1) is 0 Å². The Hall–Kier alpha value is -3.74. The molecule has 2 aromatic heterocycles. The van der Waals surface area contributed by atoms with Gasteiger partial charge in [0.2, 0.25) is 0 Å². The number of esters is 2. The number of nitrogens with zero attached hydrogens (tertiary/aromatic N) is 4. The van der Waals surface area contributed by atoms with Crippen molar-refractivity contribution in [3.8, 4) is 12.1 Å². The molecule has 232 valence electrons. The van der Waals surface area contributed by atoms with Crippen molar-refractivity contribution in [1.82, 2.24) is 9.97 Å². The molecule has 10 nitrogen and oxygen atoms in total. The van der Waals surface area contributed by atoms with Crippen molar-refractivity contribution in [1.29, 1.82) is 10.5 Å². The fourth-order valence-electron chi connectivity index (χ4n) is 5.17. The number of aromatic nitrogens is 2. The molecule has 44 heavy (non-hydrogen) atoms. The molecular weight excluding hydrogens is 601 g/mol. The summed E-state index contributed by atoms with van der Waals surface area (Å²) in [6.07, 6.45) is 5.40. The van der Waals surface area contributed by atoms with Gasteiger partial charge in [0.05, 0.1) is 35.8 Å². The van der Waals surface area contributed by atoms with Crippen molar-refractivity contribution in [2.75, 3.05) is 24.7 Å². The highest BCUT2D eigenvalue weighted by Crippen LogP contribution is 2.33. The van der Waals surface area contributed by atoms with E-state index < -0.39 is 11.9 Å². The van der Waals surface area contributed by atoms with Crippen LogP contribution in [-0.4, -0.2) is 58.2 Å². The Balaban J connectivity index is 0.000000240. The van der Waals surface area contributed by atoms with Crippen molar-refractivity contribution in [2.24, 2.45) is 0 Å². The fourth-order valence-corrected chi connectivity index (χ4v) is 7.00. The number of fused-ring (bicyclic) bond motifs is 2. The zero-order valence-electron chi connectivity index (χ0n) is 25.5. The summed E-state index contributed by atoms with van der Waals surface area (Å²) < 4.78 is 9.50. The second-order valence-corrected chi connectivity index (χ2v) is 12.2. The fraction of sp³-hybridized carbons (Fsp3) is 0.500. The molecule has 0 radical (unpaired) electrons. The smallest absolute Gasteiger partial charge is 0.313 e. The Morgan fingerprint density at radius 1 is 0.727 bits per heavy atom. The third-order valence-electron chi connectivity index (χ3n) is 7.16. The molecule has 0 saturated carbocycles. The molecular formula is C32H36N4O6S2. The molecule has 0 aromatic carbocycles. The zero-order valence-corrected chi connectivity index (χ0v) is 27.2. The summed E-state index contributed by atoms with van der Waals surface area (Å²) in [6.45, 7) is 7.82. The van der Waals surface area contributed by atoms with Gasteiger partial charge < -0.3 is 9.47 Å². The van der Waals surface area contributed by atoms with E-state index in [0.29, 0.717) is 21.2 Å². The van der Waals surface area contributed by atoms with Crippen molar-refractivity contribution < 1.29 is 28.7 Å². The molecule has 0 atom stereocenters. The third kappa shape index (κ3) is 9.13. The van der Waals surface area contributed by atoms with Crippen LogP contribution in [0.4, 0.5) is 0 Å². The highest BCUT2D eigenvalue weighted by atomic mass is 32.2. The summed E-state index contributed by atoms with van der Waals surface area (Å²) in [5.74, 6) is -1.20. The number of rotatable bonds is 12. The number of hydrogen-bond donors (Lipinski definition) is 0. The maximum atomic E-state index is 11.8. The van der Waals surface area contributed by atoms with Crippen molar-refractivity contribution in [2.45, 2.75) is 89.1 Å². The second-order valence-electron chi connectivity index (χ2n) is 10.2. The van der Waals surface area contributed by atoms with E-state index in [1.807, 2.05) is 13.8 Å². The first-order chi connectivity index (χ1) is 21.1. The normalized spacial score (nSPS) is 12.6. The Labute approximate surface area is 266 Å². The highest BCUT2D eigenvalue weighted by molar-refractivity contribution is 8.00. The predicted molar refractivity (Wildman–Crippen MR) is 165 cm³/mol. The number of ketones is 2. The first kappa shape index (κ1) is 34.7. The van der Waals surface area contributed by atoms with E-state index in [1.54, 1.807) is 13.8 Å². The number of thioether (sulfide) groups is 2. The Morgan fingerprint density at radius 3 is 1.77 bits per heavy atom. The largest absolute Gasteiger partial charge is 0.466 e. The van der Waals surface area contributed by atoms with Crippen molar-refractivity contribution in [3.63, 3.8) is 0 Å². The lowest BCUT2D eigenvalue weighted by atomic mass is 10.0. The van der Waals surface area contributed by atoms with Crippen LogP contribution in [-0.2, 0) is 54.3 Å². The van der Waals surface area contributed by atoms with E-state index in [-0.39, 0.29) is 49.1 Å². The molecule has 0 N–H and O–H groups in total. The predicted octanol–water partition coefficient (Wildman–Crippen LogP) is 4.73. The quantitative estimate of drug-likeness (QED) is 0.179. The van der Waals surface area contributed by atoms with Gasteiger partial charge in [-0.2, -0.15) is 10.5 Å². The SMILES string of the molecule is CCOC(=O)CC(=O)CSc1nc(C)c2c(c1C#N)CCC2.CCOC(=O)CC(=O)CSc1nc2c(c(C)c1C#N)CCC2. The van der Waals surface area contributed by atoms with Crippen LogP contribution in [0.15, 0.2) is 10.1 Å². The Kier molecular flexibility index (Phi) is 13.4. The monoisotopic (exact) mass is 636 g/mol. The van der Waals surface area contributed by atoms with Crippen molar-refractivity contribution in [3.05, 3.63) is 44.8 Å². The molecule has 0 aliphatic heterocycles. The average Bonchev–Trinajstić information content (AvgIpc) is 3.66. The summed E-state index contributed by atoms with van der Waals surface area (Å²) in [4.78, 5) is 55.1. The topological polar surface area (TPSA) is 160 Å². The van der Waals surface area contributed by atoms with Gasteiger partial charge >= 0.3 is 11.9 Å². The molecule has 0 amide bonds. The van der Waals surface area contributed by atoms with E-state index in [4.69, 9.17) is 9.47 Å². The molecule has 12 heteroatoms. The highest BCUT2D eigenvalue weighted by Gasteiger charge is 2.23. The van der Waals surface area contributed by atoms with Crippen LogP contribution < -0.4 is 0 Å². The third-order valence-corrected chi connectivity index (χ3v) is 9.23. The van der Waals surface area contributed by atoms with Crippen LogP contribution in [0, 0.1) is 36.5 Å². The number of ether oxygens (including phenoxy) is 2. The van der Waals surface area contributed by atoms with E-state index >= 15 is 0 Å². The molecule has 2 heterocycles. The number of pyridine rings is 2. The molecule has 2 aliphatic rings. The summed E-state index contributed by atoms with van der Waals surface area (Å²) >= 11 is 2.46. The van der Waals surface area contributed by atoms with Gasteiger partial charge in [-0.3, -0.25) is 19.2 Å². The van der Waals surface area contributed by atoms with Gasteiger partial charge in [-0.1, -0.05) is 23.5 Å². The maximum absolute atomic E-state index is 11.8. The molecule has 0 bridgehead atoms. The molecule has 2 aromatic rings. The molecule has 0 spiro atoms. The van der Waals surface area contributed by atoms with Crippen molar-refractivity contribution >= 4 is 47.0 Å². The molecule has 0 unspecified atom stereocenters. The number of aryl methyl sites for hydroxylation is 2. The lowest BCUT2D eigenvalue weighted by Crippen LogP contribution is -2.13. The average molecular weight is 637 g/mol. The molecule has 0 saturated heterocycles. The van der Waals surface area contributed by atoms with Crippen LogP contribution in [0.5, 0.6) is 0 Å². The van der Waals surface area contributed by atoms with Gasteiger partial charge in [0.15, 0.2) is 11.6 Å². The number of carbonyl (C=O) groups is 4. The van der Waals surface area contributed by atoms with Crippen LogP contribution in [0.2, 0.25) is 0 Å². The lowest BCUT2D eigenvalue weighted by molar-refractivity contribution is -0.146. The van der Waals surface area contributed by atoms with Gasteiger partial charge in [0.25, 0.3) is 0 Å². The number of carbonyl (C=O) groups excluding carboxylic acids is 4. The van der Waals surface area contributed by atoms with Gasteiger partial charge in [-0.25, -0.2) is 9.97 Å². The maximum Gasteiger partial charge on any atom is 0.313 e. The summed E-state index contributed by atoms with van der Waals surface area (Å²) in [7, 11) is 0. The number of nitriles is 2. The number of hydrogen-bond acceptors (Lipinski definition) is 12. The number of Topliss-reactive ketones (excluding diaryl/α,β-unsaturated/α-hetero) is 2. The van der Waals surface area contributed by atoms with Gasteiger partial charge in [0.1, 0.15) is 35.0 Å².